The van der Waals surface area contributed by atoms with Gasteiger partial charge in [0.2, 0.25) is 5.56 Å². The highest BCUT2D eigenvalue weighted by Gasteiger charge is 2.22. The van der Waals surface area contributed by atoms with Gasteiger partial charge in [-0.1, -0.05) is 6.07 Å². The number of hydrogen-bond acceptors (Lipinski definition) is 3. The van der Waals surface area contributed by atoms with E-state index in [-0.39, 0.29) is 29.5 Å². The summed E-state index contributed by atoms with van der Waals surface area (Å²) in [6, 6.07) is 8.73. The molecule has 0 spiro atoms. The number of halogens is 3. The molecule has 0 radical (unpaired) electrons. The molecule has 0 saturated carbocycles. The third-order valence-corrected chi connectivity index (χ3v) is 5.13. The highest BCUT2D eigenvalue weighted by molar-refractivity contribution is 14.0. The number of hydrogen-bond donors (Lipinski definition) is 1. The zero-order valence-electron chi connectivity index (χ0n) is 17.8. The van der Waals surface area contributed by atoms with Crippen LogP contribution in [0.1, 0.15) is 19.8 Å². The maximum absolute atomic E-state index is 14.0. The van der Waals surface area contributed by atoms with Crippen LogP contribution in [-0.4, -0.2) is 54.7 Å². The summed E-state index contributed by atoms with van der Waals surface area (Å²) in [5, 5.41) is 3.31. The first-order valence-corrected chi connectivity index (χ1v) is 10.5. The Kier molecular flexibility index (Phi) is 10.2. The molecule has 1 fully saturated rings. The summed E-state index contributed by atoms with van der Waals surface area (Å²) in [4.78, 5) is 20.5. The molecule has 1 aromatic carbocycles. The quantitative estimate of drug-likeness (QED) is 0.251. The second-order valence-electron chi connectivity index (χ2n) is 7.24. The number of nitrogens with one attached hydrogen (secondary N) is 1. The van der Waals surface area contributed by atoms with Crippen LogP contribution in [0.2, 0.25) is 0 Å². The minimum absolute atomic E-state index is 0. The molecular weight excluding hydrogens is 515 g/mol. The van der Waals surface area contributed by atoms with E-state index in [2.05, 4.69) is 10.2 Å². The third-order valence-electron chi connectivity index (χ3n) is 5.13. The lowest BCUT2D eigenvalue weighted by Crippen LogP contribution is -2.52. The zero-order chi connectivity index (χ0) is 21.3. The number of aliphatic imine (C=N–C) groups is 1. The van der Waals surface area contributed by atoms with Gasteiger partial charge in [0.15, 0.2) is 5.96 Å². The van der Waals surface area contributed by atoms with Gasteiger partial charge in [-0.3, -0.25) is 9.79 Å². The van der Waals surface area contributed by atoms with E-state index in [0.717, 1.165) is 31.4 Å². The van der Waals surface area contributed by atoms with E-state index in [1.165, 1.54) is 12.1 Å². The molecule has 0 unspecified atom stereocenters. The van der Waals surface area contributed by atoms with Crippen LogP contribution in [0.4, 0.5) is 14.5 Å². The van der Waals surface area contributed by atoms with E-state index in [9.17, 15) is 13.6 Å². The Hall–Kier alpha value is -2.17. The van der Waals surface area contributed by atoms with Gasteiger partial charge in [0.1, 0.15) is 11.6 Å². The van der Waals surface area contributed by atoms with Crippen molar-refractivity contribution >= 4 is 35.6 Å². The summed E-state index contributed by atoms with van der Waals surface area (Å²) >= 11 is 0. The predicted octanol–water partition coefficient (Wildman–Crippen LogP) is 3.31. The fourth-order valence-electron chi connectivity index (χ4n) is 3.54. The van der Waals surface area contributed by atoms with Crippen LogP contribution >= 0.6 is 24.0 Å². The van der Waals surface area contributed by atoms with Gasteiger partial charge in [0, 0.05) is 64.1 Å². The van der Waals surface area contributed by atoms with Gasteiger partial charge >= 0.3 is 0 Å². The van der Waals surface area contributed by atoms with Crippen LogP contribution in [0, 0.1) is 11.6 Å². The molecule has 0 atom stereocenters. The molecule has 1 N–H and O–H groups in total. The van der Waals surface area contributed by atoms with Crippen molar-refractivity contribution in [2.24, 2.45) is 4.99 Å². The second kappa shape index (κ2) is 12.6. The zero-order valence-corrected chi connectivity index (χ0v) is 20.1. The van der Waals surface area contributed by atoms with E-state index in [0.29, 0.717) is 45.0 Å². The highest BCUT2D eigenvalue weighted by Crippen LogP contribution is 2.21. The standard InChI is InChI=1S/C22H29F2N5O.HI/c1-2-25-22(26-10-4-6-12-28-11-5-3-7-21(28)30)29-15-13-27(14-16-29)20-17-18(23)8-9-19(20)24;/h3,5,7-9,11,17H,2,4,6,10,12-16H2,1H3,(H,25,26);1H. The number of anilines is 1. The van der Waals surface area contributed by atoms with Gasteiger partial charge < -0.3 is 19.7 Å². The molecule has 2 aromatic rings. The topological polar surface area (TPSA) is 52.9 Å². The summed E-state index contributed by atoms with van der Waals surface area (Å²) in [6.07, 6.45) is 3.56. The van der Waals surface area contributed by atoms with Crippen molar-refractivity contribution in [3.63, 3.8) is 0 Å². The molecular formula is C22H30F2IN5O. The van der Waals surface area contributed by atoms with E-state index in [1.807, 2.05) is 17.9 Å². The largest absolute Gasteiger partial charge is 0.366 e. The number of pyridine rings is 1. The number of aryl methyl sites for hydroxylation is 1. The van der Waals surface area contributed by atoms with Crippen molar-refractivity contribution in [3.05, 3.63) is 64.6 Å². The van der Waals surface area contributed by atoms with Gasteiger partial charge in [-0.15, -0.1) is 24.0 Å². The van der Waals surface area contributed by atoms with Crippen LogP contribution < -0.4 is 15.8 Å². The lowest BCUT2D eigenvalue weighted by Gasteiger charge is -2.37. The van der Waals surface area contributed by atoms with Crippen molar-refractivity contribution in [1.29, 1.82) is 0 Å². The number of aromatic nitrogens is 1. The van der Waals surface area contributed by atoms with Crippen molar-refractivity contribution in [1.82, 2.24) is 14.8 Å². The molecule has 6 nitrogen and oxygen atoms in total. The van der Waals surface area contributed by atoms with E-state index in [4.69, 9.17) is 4.99 Å². The smallest absolute Gasteiger partial charge is 0.250 e. The molecule has 3 rings (SSSR count). The Balaban J connectivity index is 0.00000341. The van der Waals surface area contributed by atoms with Crippen molar-refractivity contribution < 1.29 is 8.78 Å². The van der Waals surface area contributed by atoms with Gasteiger partial charge in [-0.2, -0.15) is 0 Å². The lowest BCUT2D eigenvalue weighted by molar-refractivity contribution is 0.370. The number of rotatable bonds is 7. The highest BCUT2D eigenvalue weighted by atomic mass is 127. The average Bonchev–Trinajstić information content (AvgIpc) is 2.76. The SMILES string of the molecule is CCNC(=NCCCCn1ccccc1=O)N1CCN(c2cc(F)ccc2F)CC1.I. The Morgan fingerprint density at radius 2 is 1.87 bits per heavy atom. The Morgan fingerprint density at radius 1 is 1.10 bits per heavy atom. The molecule has 0 bridgehead atoms. The van der Waals surface area contributed by atoms with Gasteiger partial charge in [0.25, 0.3) is 0 Å². The van der Waals surface area contributed by atoms with Crippen LogP contribution in [0.15, 0.2) is 52.4 Å². The minimum Gasteiger partial charge on any atom is -0.366 e. The van der Waals surface area contributed by atoms with Crippen molar-refractivity contribution in [2.75, 3.05) is 44.2 Å². The van der Waals surface area contributed by atoms with Crippen LogP contribution in [0.3, 0.4) is 0 Å². The molecule has 0 aliphatic carbocycles. The Labute approximate surface area is 199 Å². The number of benzene rings is 1. The first-order chi connectivity index (χ1) is 14.6. The maximum atomic E-state index is 14.0. The maximum Gasteiger partial charge on any atom is 0.250 e. The van der Waals surface area contributed by atoms with Gasteiger partial charge in [-0.05, 0) is 38.0 Å². The normalized spacial score (nSPS) is 14.4. The van der Waals surface area contributed by atoms with E-state index < -0.39 is 11.6 Å². The summed E-state index contributed by atoms with van der Waals surface area (Å²) in [5.74, 6) is 0.0122. The average molecular weight is 545 g/mol. The summed E-state index contributed by atoms with van der Waals surface area (Å²) in [6.45, 7) is 6.70. The Bertz CT molecular complexity index is 913. The monoisotopic (exact) mass is 545 g/mol. The second-order valence-corrected chi connectivity index (χ2v) is 7.24. The molecule has 170 valence electrons. The van der Waals surface area contributed by atoms with Crippen LogP contribution in [0.5, 0.6) is 0 Å². The fourth-order valence-corrected chi connectivity index (χ4v) is 3.54. The first kappa shape index (κ1) is 25.1. The summed E-state index contributed by atoms with van der Waals surface area (Å²) < 4.78 is 29.2. The van der Waals surface area contributed by atoms with Gasteiger partial charge in [-0.25, -0.2) is 8.78 Å². The fraction of sp³-hybridized carbons (Fsp3) is 0.455. The molecule has 1 aliphatic heterocycles. The molecule has 1 saturated heterocycles. The van der Waals surface area contributed by atoms with Gasteiger partial charge in [0.05, 0.1) is 5.69 Å². The van der Waals surface area contributed by atoms with Crippen molar-refractivity contribution in [2.45, 2.75) is 26.3 Å². The molecule has 31 heavy (non-hydrogen) atoms. The predicted molar refractivity (Wildman–Crippen MR) is 131 cm³/mol. The lowest BCUT2D eigenvalue weighted by atomic mass is 10.2. The van der Waals surface area contributed by atoms with Crippen LogP contribution in [-0.2, 0) is 6.54 Å². The molecule has 2 heterocycles. The molecule has 1 aromatic heterocycles. The van der Waals surface area contributed by atoms with E-state index >= 15 is 0 Å². The number of nitrogens with zero attached hydrogens (tertiary/aromatic N) is 4. The number of guanidine groups is 1. The molecule has 9 heteroatoms. The molecule has 1 aliphatic rings. The number of unbranched alkanes of at least 4 members (excludes halogenated alkanes) is 1. The number of piperazine rings is 1. The van der Waals surface area contributed by atoms with Crippen molar-refractivity contribution in [3.8, 4) is 0 Å². The summed E-state index contributed by atoms with van der Waals surface area (Å²) in [7, 11) is 0. The van der Waals surface area contributed by atoms with Crippen LogP contribution in [0.25, 0.3) is 0 Å². The summed E-state index contributed by atoms with van der Waals surface area (Å²) in [5.41, 5.74) is 0.328. The minimum atomic E-state index is -0.429. The molecule has 0 amide bonds. The Morgan fingerprint density at radius 3 is 2.58 bits per heavy atom. The third kappa shape index (κ3) is 7.19. The first-order valence-electron chi connectivity index (χ1n) is 10.5. The van der Waals surface area contributed by atoms with E-state index in [1.54, 1.807) is 22.9 Å².